The van der Waals surface area contributed by atoms with Gasteiger partial charge in [-0.3, -0.25) is 4.79 Å². The number of carbonyl (C=O) groups excluding carboxylic acids is 1. The summed E-state index contributed by atoms with van der Waals surface area (Å²) in [5.41, 5.74) is 7.67. The minimum absolute atomic E-state index is 0.0402. The second-order valence-electron chi connectivity index (χ2n) is 8.45. The van der Waals surface area contributed by atoms with Crippen LogP contribution in [0.25, 0.3) is 0 Å². The molecule has 0 bridgehead atoms. The van der Waals surface area contributed by atoms with Crippen molar-refractivity contribution in [1.82, 2.24) is 20.6 Å². The normalized spacial score (nSPS) is 24.4. The number of aromatic nitrogens is 2. The summed E-state index contributed by atoms with van der Waals surface area (Å²) in [6.45, 7) is 7.00. The number of piperidine rings is 1. The maximum absolute atomic E-state index is 12.7. The van der Waals surface area contributed by atoms with Crippen molar-refractivity contribution in [1.29, 1.82) is 0 Å². The number of amides is 1. The van der Waals surface area contributed by atoms with E-state index in [9.17, 15) is 4.79 Å². The summed E-state index contributed by atoms with van der Waals surface area (Å²) in [4.78, 5) is 24.1. The Bertz CT molecular complexity index is 705. The number of methoxy groups -OCH3 is 1. The van der Waals surface area contributed by atoms with Gasteiger partial charge in [-0.05, 0) is 40.0 Å². The second kappa shape index (κ2) is 9.82. The molecule has 2 fully saturated rings. The Balaban J connectivity index is 1.77. The summed E-state index contributed by atoms with van der Waals surface area (Å²) in [5, 5.41) is 6.57. The second-order valence-corrected chi connectivity index (χ2v) is 8.45. The zero-order chi connectivity index (χ0) is 21.0. The van der Waals surface area contributed by atoms with Crippen LogP contribution in [0.1, 0.15) is 67.3 Å². The number of carbonyl (C=O) groups is 1. The van der Waals surface area contributed by atoms with Crippen molar-refractivity contribution < 1.29 is 9.53 Å². The number of ether oxygens (including phenoxy) is 1. The van der Waals surface area contributed by atoms with Crippen molar-refractivity contribution in [2.45, 2.75) is 83.6 Å². The molecule has 2 aliphatic rings. The molecule has 1 aromatic rings. The van der Waals surface area contributed by atoms with Crippen LogP contribution in [0.3, 0.4) is 0 Å². The average Bonchev–Trinajstić information content (AvgIpc) is 2.70. The minimum Gasteiger partial charge on any atom is -0.378 e. The molecule has 4 N–H and O–H groups in total. The van der Waals surface area contributed by atoms with Crippen LogP contribution in [0.15, 0.2) is 0 Å². The molecule has 2 heterocycles. The monoisotopic (exact) mass is 404 g/mol. The zero-order valence-corrected chi connectivity index (χ0v) is 18.2. The van der Waals surface area contributed by atoms with Gasteiger partial charge in [0.25, 0.3) is 5.91 Å². The molecule has 1 aliphatic carbocycles. The molecule has 0 radical (unpaired) electrons. The number of anilines is 1. The molecule has 3 rings (SSSR count). The van der Waals surface area contributed by atoms with Gasteiger partial charge in [0.2, 0.25) is 0 Å². The highest BCUT2D eigenvalue weighted by Crippen LogP contribution is 2.26. The first kappa shape index (κ1) is 21.9. The van der Waals surface area contributed by atoms with Crippen LogP contribution in [0, 0.1) is 13.8 Å². The SMILES string of the molecule is COC1CN(c2nc(C)c(C)nc2C(=O)NC(C)N)CCC1NC1CCCCC1. The Morgan fingerprint density at radius 1 is 1.17 bits per heavy atom. The number of nitrogens with two attached hydrogens (primary N) is 1. The van der Waals surface area contributed by atoms with Crippen LogP contribution < -0.4 is 21.3 Å². The van der Waals surface area contributed by atoms with Crippen molar-refractivity contribution in [3.63, 3.8) is 0 Å². The molecular weight excluding hydrogens is 368 g/mol. The standard InChI is InChI=1S/C21H36N6O2/c1-13-14(2)24-20(19(23-13)21(28)25-15(3)22)27-11-10-17(18(12-27)29-4)26-16-8-6-5-7-9-16/h15-18,26H,5-12,22H2,1-4H3,(H,25,28). The van der Waals surface area contributed by atoms with Crippen molar-refractivity contribution in [2.75, 3.05) is 25.1 Å². The summed E-state index contributed by atoms with van der Waals surface area (Å²) in [5.74, 6) is 0.325. The smallest absolute Gasteiger partial charge is 0.274 e. The van der Waals surface area contributed by atoms with Gasteiger partial charge in [0.05, 0.1) is 23.7 Å². The van der Waals surface area contributed by atoms with E-state index in [-0.39, 0.29) is 12.0 Å². The first-order chi connectivity index (χ1) is 13.9. The van der Waals surface area contributed by atoms with E-state index < -0.39 is 6.17 Å². The van der Waals surface area contributed by atoms with E-state index in [0.29, 0.717) is 30.1 Å². The molecule has 8 heteroatoms. The van der Waals surface area contributed by atoms with Gasteiger partial charge in [-0.2, -0.15) is 0 Å². The molecule has 29 heavy (non-hydrogen) atoms. The van der Waals surface area contributed by atoms with E-state index in [1.807, 2.05) is 13.8 Å². The Hall–Kier alpha value is -1.77. The third kappa shape index (κ3) is 5.43. The highest BCUT2D eigenvalue weighted by Gasteiger charge is 2.33. The third-order valence-corrected chi connectivity index (χ3v) is 6.08. The Labute approximate surface area is 174 Å². The Kier molecular flexibility index (Phi) is 7.43. The minimum atomic E-state index is -0.448. The number of nitrogens with zero attached hydrogens (tertiary/aromatic N) is 3. The molecule has 0 spiro atoms. The number of hydrogen-bond acceptors (Lipinski definition) is 7. The molecule has 1 saturated carbocycles. The topological polar surface area (TPSA) is 105 Å². The molecule has 162 valence electrons. The van der Waals surface area contributed by atoms with Crippen LogP contribution in [0.2, 0.25) is 0 Å². The van der Waals surface area contributed by atoms with Gasteiger partial charge in [-0.25, -0.2) is 9.97 Å². The fraction of sp³-hybridized carbons (Fsp3) is 0.762. The summed E-state index contributed by atoms with van der Waals surface area (Å²) >= 11 is 0. The first-order valence-electron chi connectivity index (χ1n) is 10.8. The van der Waals surface area contributed by atoms with Crippen LogP contribution in [0.4, 0.5) is 5.82 Å². The van der Waals surface area contributed by atoms with Crippen molar-refractivity contribution >= 4 is 11.7 Å². The van der Waals surface area contributed by atoms with Crippen LogP contribution in [-0.4, -0.2) is 60.4 Å². The van der Waals surface area contributed by atoms with Crippen molar-refractivity contribution in [2.24, 2.45) is 5.73 Å². The van der Waals surface area contributed by atoms with Gasteiger partial charge in [-0.15, -0.1) is 0 Å². The van der Waals surface area contributed by atoms with E-state index in [1.165, 1.54) is 32.1 Å². The Morgan fingerprint density at radius 3 is 2.52 bits per heavy atom. The first-order valence-corrected chi connectivity index (χ1v) is 10.8. The van der Waals surface area contributed by atoms with Gasteiger partial charge in [0, 0.05) is 32.3 Å². The Morgan fingerprint density at radius 2 is 1.86 bits per heavy atom. The zero-order valence-electron chi connectivity index (χ0n) is 18.2. The highest BCUT2D eigenvalue weighted by molar-refractivity contribution is 5.97. The molecule has 8 nitrogen and oxygen atoms in total. The molecule has 3 atom stereocenters. The number of hydrogen-bond donors (Lipinski definition) is 3. The molecule has 1 amide bonds. The summed E-state index contributed by atoms with van der Waals surface area (Å²) in [6, 6.07) is 0.909. The van der Waals surface area contributed by atoms with Gasteiger partial charge in [-0.1, -0.05) is 19.3 Å². The molecule has 0 aromatic carbocycles. The van der Waals surface area contributed by atoms with E-state index >= 15 is 0 Å². The lowest BCUT2D eigenvalue weighted by atomic mass is 9.92. The van der Waals surface area contributed by atoms with Gasteiger partial charge >= 0.3 is 0 Å². The van der Waals surface area contributed by atoms with E-state index in [2.05, 4.69) is 20.5 Å². The predicted molar refractivity (Wildman–Crippen MR) is 114 cm³/mol. The van der Waals surface area contributed by atoms with Crippen LogP contribution in [0.5, 0.6) is 0 Å². The molecule has 1 saturated heterocycles. The van der Waals surface area contributed by atoms with E-state index in [0.717, 1.165) is 24.4 Å². The number of rotatable bonds is 6. The summed E-state index contributed by atoms with van der Waals surface area (Å²) in [6.07, 6.45) is 7.01. The largest absolute Gasteiger partial charge is 0.378 e. The fourth-order valence-electron chi connectivity index (χ4n) is 4.35. The van der Waals surface area contributed by atoms with Crippen LogP contribution in [-0.2, 0) is 4.74 Å². The lowest BCUT2D eigenvalue weighted by molar-refractivity contribution is 0.0532. The molecule has 3 unspecified atom stereocenters. The summed E-state index contributed by atoms with van der Waals surface area (Å²) in [7, 11) is 1.76. The van der Waals surface area contributed by atoms with Gasteiger partial charge < -0.3 is 26.0 Å². The van der Waals surface area contributed by atoms with E-state index in [1.54, 1.807) is 14.0 Å². The fourth-order valence-corrected chi connectivity index (χ4v) is 4.35. The number of nitrogens with one attached hydrogen (secondary N) is 2. The molecule has 1 aliphatic heterocycles. The highest BCUT2D eigenvalue weighted by atomic mass is 16.5. The number of aryl methyl sites for hydroxylation is 2. The quantitative estimate of drug-likeness (QED) is 0.619. The predicted octanol–water partition coefficient (Wildman–Crippen LogP) is 1.64. The van der Waals surface area contributed by atoms with Gasteiger partial charge in [0.15, 0.2) is 11.5 Å². The van der Waals surface area contributed by atoms with Crippen LogP contribution >= 0.6 is 0 Å². The third-order valence-electron chi connectivity index (χ3n) is 6.08. The molecular formula is C21H36N6O2. The van der Waals surface area contributed by atoms with Gasteiger partial charge in [0.1, 0.15) is 0 Å². The van der Waals surface area contributed by atoms with E-state index in [4.69, 9.17) is 15.5 Å². The molecule has 1 aromatic heterocycles. The van der Waals surface area contributed by atoms with Crippen molar-refractivity contribution in [3.8, 4) is 0 Å². The summed E-state index contributed by atoms with van der Waals surface area (Å²) < 4.78 is 5.84. The maximum Gasteiger partial charge on any atom is 0.274 e. The maximum atomic E-state index is 12.7. The lowest BCUT2D eigenvalue weighted by Gasteiger charge is -2.41. The average molecular weight is 405 g/mol. The lowest BCUT2D eigenvalue weighted by Crippen LogP contribution is -2.56. The van der Waals surface area contributed by atoms with Crippen molar-refractivity contribution in [3.05, 3.63) is 17.1 Å².